The van der Waals surface area contributed by atoms with Crippen molar-refractivity contribution in [3.05, 3.63) is 62.9 Å². The van der Waals surface area contributed by atoms with E-state index in [0.29, 0.717) is 39.3 Å². The molecule has 2 aromatic carbocycles. The highest BCUT2D eigenvalue weighted by molar-refractivity contribution is 7.15. The van der Waals surface area contributed by atoms with E-state index in [9.17, 15) is 4.79 Å². The standard InChI is InChI=1S/C23H23N3O4S/c1-14(2)13-30-17-10-8-15(9-11-17)21-24-23-26(25-21)22(27)19(31-23)12-16-6-5-7-18(28-3)20(16)29-4/h5-12,14H,13H2,1-4H3/b19-12-. The highest BCUT2D eigenvalue weighted by Crippen LogP contribution is 2.31. The lowest BCUT2D eigenvalue weighted by Crippen LogP contribution is -2.23. The molecule has 0 amide bonds. The molecule has 0 saturated carbocycles. The van der Waals surface area contributed by atoms with E-state index in [0.717, 1.165) is 16.9 Å². The zero-order valence-corrected chi connectivity index (χ0v) is 18.6. The summed E-state index contributed by atoms with van der Waals surface area (Å²) in [6, 6.07) is 13.1. The number of benzene rings is 2. The number of nitrogens with zero attached hydrogens (tertiary/aromatic N) is 3. The summed E-state index contributed by atoms with van der Waals surface area (Å²) in [5.41, 5.74) is 1.35. The molecule has 0 radical (unpaired) electrons. The van der Waals surface area contributed by atoms with Crippen LogP contribution in [0.15, 0.2) is 47.3 Å². The number of hydrogen-bond donors (Lipinski definition) is 0. The van der Waals surface area contributed by atoms with Gasteiger partial charge in [-0.15, -0.1) is 5.10 Å². The van der Waals surface area contributed by atoms with Gasteiger partial charge in [0.1, 0.15) is 5.75 Å². The maximum Gasteiger partial charge on any atom is 0.291 e. The first-order chi connectivity index (χ1) is 15.0. The molecule has 7 nitrogen and oxygen atoms in total. The van der Waals surface area contributed by atoms with Crippen molar-refractivity contribution in [2.75, 3.05) is 20.8 Å². The summed E-state index contributed by atoms with van der Waals surface area (Å²) in [5, 5.41) is 4.41. The van der Waals surface area contributed by atoms with E-state index in [-0.39, 0.29) is 5.56 Å². The lowest BCUT2D eigenvalue weighted by Gasteiger charge is -2.09. The molecule has 8 heteroatoms. The summed E-state index contributed by atoms with van der Waals surface area (Å²) in [6.45, 7) is 4.87. The van der Waals surface area contributed by atoms with Gasteiger partial charge in [0, 0.05) is 11.1 Å². The van der Waals surface area contributed by atoms with Gasteiger partial charge in [0.05, 0.1) is 25.4 Å². The molecule has 0 atom stereocenters. The average molecular weight is 438 g/mol. The van der Waals surface area contributed by atoms with Gasteiger partial charge in [-0.3, -0.25) is 4.79 Å². The first-order valence-electron chi connectivity index (χ1n) is 9.85. The molecule has 0 aliphatic carbocycles. The van der Waals surface area contributed by atoms with Crippen LogP contribution in [0, 0.1) is 5.92 Å². The molecule has 31 heavy (non-hydrogen) atoms. The first kappa shape index (κ1) is 20.9. The molecule has 160 valence electrons. The van der Waals surface area contributed by atoms with Crippen molar-refractivity contribution in [1.29, 1.82) is 0 Å². The normalized spacial score (nSPS) is 12.0. The second-order valence-corrected chi connectivity index (χ2v) is 8.37. The SMILES string of the molecule is COc1cccc(/C=c2\sc3nc(-c4ccc(OCC(C)C)cc4)nn3c2=O)c1OC. The number of ether oxygens (including phenoxy) is 3. The van der Waals surface area contributed by atoms with Crippen LogP contribution >= 0.6 is 11.3 Å². The number of aromatic nitrogens is 3. The van der Waals surface area contributed by atoms with Crippen LogP contribution in [-0.4, -0.2) is 35.4 Å². The Morgan fingerprint density at radius 2 is 1.87 bits per heavy atom. The van der Waals surface area contributed by atoms with Crippen LogP contribution in [-0.2, 0) is 0 Å². The van der Waals surface area contributed by atoms with Crippen molar-refractivity contribution in [1.82, 2.24) is 14.6 Å². The molecule has 4 rings (SSSR count). The minimum Gasteiger partial charge on any atom is -0.493 e. The van der Waals surface area contributed by atoms with Gasteiger partial charge in [0.25, 0.3) is 5.56 Å². The van der Waals surface area contributed by atoms with Gasteiger partial charge in [-0.1, -0.05) is 37.3 Å². The maximum atomic E-state index is 12.9. The van der Waals surface area contributed by atoms with Gasteiger partial charge in [-0.2, -0.15) is 9.50 Å². The van der Waals surface area contributed by atoms with E-state index in [1.807, 2.05) is 42.5 Å². The Labute approximate surface area is 183 Å². The van der Waals surface area contributed by atoms with Gasteiger partial charge in [-0.25, -0.2) is 0 Å². The van der Waals surface area contributed by atoms with Crippen LogP contribution in [0.1, 0.15) is 19.4 Å². The van der Waals surface area contributed by atoms with Crippen LogP contribution in [0.2, 0.25) is 0 Å². The molecule has 0 unspecified atom stereocenters. The van der Waals surface area contributed by atoms with Crippen LogP contribution in [0.5, 0.6) is 17.2 Å². The third kappa shape index (κ3) is 4.25. The van der Waals surface area contributed by atoms with E-state index in [1.54, 1.807) is 20.3 Å². The molecule has 0 saturated heterocycles. The Kier molecular flexibility index (Phi) is 5.90. The number of rotatable bonds is 7. The highest BCUT2D eigenvalue weighted by atomic mass is 32.1. The Hall–Kier alpha value is -3.39. The predicted molar refractivity (Wildman–Crippen MR) is 121 cm³/mol. The fraction of sp³-hybridized carbons (Fsp3) is 0.261. The Balaban J connectivity index is 1.67. The quantitative estimate of drug-likeness (QED) is 0.441. The molecule has 0 aliphatic rings. The highest BCUT2D eigenvalue weighted by Gasteiger charge is 2.14. The molecule has 4 aromatic rings. The monoisotopic (exact) mass is 437 g/mol. The van der Waals surface area contributed by atoms with E-state index in [1.165, 1.54) is 15.9 Å². The van der Waals surface area contributed by atoms with Crippen LogP contribution < -0.4 is 24.3 Å². The Bertz CT molecular complexity index is 1310. The van der Waals surface area contributed by atoms with Crippen molar-refractivity contribution >= 4 is 22.4 Å². The summed E-state index contributed by atoms with van der Waals surface area (Å²) in [7, 11) is 3.15. The Morgan fingerprint density at radius 1 is 1.10 bits per heavy atom. The lowest BCUT2D eigenvalue weighted by atomic mass is 10.2. The van der Waals surface area contributed by atoms with E-state index >= 15 is 0 Å². The number of methoxy groups -OCH3 is 2. The summed E-state index contributed by atoms with van der Waals surface area (Å²) in [6.07, 6.45) is 1.77. The third-order valence-electron chi connectivity index (χ3n) is 4.60. The van der Waals surface area contributed by atoms with E-state index in [4.69, 9.17) is 14.2 Å². The molecule has 0 bridgehead atoms. The fourth-order valence-corrected chi connectivity index (χ4v) is 3.98. The smallest absolute Gasteiger partial charge is 0.291 e. The van der Waals surface area contributed by atoms with Crippen molar-refractivity contribution in [3.63, 3.8) is 0 Å². The van der Waals surface area contributed by atoms with Gasteiger partial charge >= 0.3 is 0 Å². The molecule has 2 heterocycles. The zero-order chi connectivity index (χ0) is 22.0. The molecule has 0 spiro atoms. The van der Waals surface area contributed by atoms with E-state index in [2.05, 4.69) is 23.9 Å². The van der Waals surface area contributed by atoms with Crippen molar-refractivity contribution < 1.29 is 14.2 Å². The summed E-state index contributed by atoms with van der Waals surface area (Å²) >= 11 is 1.28. The lowest BCUT2D eigenvalue weighted by molar-refractivity contribution is 0.271. The van der Waals surface area contributed by atoms with Crippen molar-refractivity contribution in [2.45, 2.75) is 13.8 Å². The molecule has 0 aliphatic heterocycles. The van der Waals surface area contributed by atoms with Gasteiger partial charge in [0.15, 0.2) is 17.3 Å². The van der Waals surface area contributed by atoms with Crippen molar-refractivity contribution in [3.8, 4) is 28.6 Å². The van der Waals surface area contributed by atoms with E-state index < -0.39 is 0 Å². The second kappa shape index (κ2) is 8.77. The molecule has 2 aromatic heterocycles. The van der Waals surface area contributed by atoms with Crippen LogP contribution in [0.4, 0.5) is 0 Å². The fourth-order valence-electron chi connectivity index (χ4n) is 3.09. The minimum atomic E-state index is -0.222. The number of para-hydroxylation sites is 1. The van der Waals surface area contributed by atoms with Crippen molar-refractivity contribution in [2.24, 2.45) is 5.92 Å². The molecule has 0 fully saturated rings. The predicted octanol–water partition coefficient (Wildman–Crippen LogP) is 3.42. The third-order valence-corrected chi connectivity index (χ3v) is 5.56. The summed E-state index contributed by atoms with van der Waals surface area (Å²) in [4.78, 5) is 18.0. The molecular formula is C23H23N3O4S. The second-order valence-electron chi connectivity index (χ2n) is 7.36. The number of hydrogen-bond acceptors (Lipinski definition) is 7. The number of thiazole rings is 1. The molecular weight excluding hydrogens is 414 g/mol. The van der Waals surface area contributed by atoms with Gasteiger partial charge in [-0.05, 0) is 42.3 Å². The topological polar surface area (TPSA) is 75.0 Å². The minimum absolute atomic E-state index is 0.222. The zero-order valence-electron chi connectivity index (χ0n) is 17.8. The number of fused-ring (bicyclic) bond motifs is 1. The van der Waals surface area contributed by atoms with Crippen LogP contribution in [0.25, 0.3) is 22.4 Å². The summed E-state index contributed by atoms with van der Waals surface area (Å²) in [5.74, 6) is 2.94. The van der Waals surface area contributed by atoms with Gasteiger partial charge in [0.2, 0.25) is 4.96 Å². The molecule has 0 N–H and O–H groups in total. The maximum absolute atomic E-state index is 12.9. The van der Waals surface area contributed by atoms with Gasteiger partial charge < -0.3 is 14.2 Å². The summed E-state index contributed by atoms with van der Waals surface area (Å²) < 4.78 is 18.3. The first-order valence-corrected chi connectivity index (χ1v) is 10.7. The Morgan fingerprint density at radius 3 is 2.52 bits per heavy atom. The largest absolute Gasteiger partial charge is 0.493 e. The van der Waals surface area contributed by atoms with Crippen LogP contribution in [0.3, 0.4) is 0 Å². The average Bonchev–Trinajstić information content (AvgIpc) is 3.32.